The number of hydrogen-bond donors (Lipinski definition) is 0. The molecule has 0 saturated heterocycles. The highest BCUT2D eigenvalue weighted by Gasteiger charge is 2.22. The van der Waals surface area contributed by atoms with Crippen molar-refractivity contribution in [1.29, 1.82) is 0 Å². The van der Waals surface area contributed by atoms with Gasteiger partial charge in [-0.2, -0.15) is 0 Å². The Balaban J connectivity index is 1.80. The zero-order valence-corrected chi connectivity index (χ0v) is 13.4. The molecule has 0 unspecified atom stereocenters. The average Bonchev–Trinajstić information content (AvgIpc) is 2.96. The Bertz CT molecular complexity index is 733. The van der Waals surface area contributed by atoms with Crippen molar-refractivity contribution >= 4 is 23.2 Å². The Kier molecular flexibility index (Phi) is 3.98. The molecular weight excluding hydrogens is 298 g/mol. The lowest BCUT2D eigenvalue weighted by atomic mass is 9.91. The summed E-state index contributed by atoms with van der Waals surface area (Å²) in [4.78, 5) is 26.7. The van der Waals surface area contributed by atoms with Gasteiger partial charge in [0.1, 0.15) is 4.88 Å². The van der Waals surface area contributed by atoms with Crippen molar-refractivity contribution in [1.82, 2.24) is 4.90 Å². The third-order valence-electron chi connectivity index (χ3n) is 3.76. The zero-order chi connectivity index (χ0) is 15.7. The van der Waals surface area contributed by atoms with E-state index in [1.807, 2.05) is 18.2 Å². The number of thiophene rings is 1. The van der Waals surface area contributed by atoms with E-state index in [-0.39, 0.29) is 12.5 Å². The summed E-state index contributed by atoms with van der Waals surface area (Å²) in [5.41, 5.74) is 3.71. The number of likely N-dealkylation sites (N-methyl/N-ethyl adjacent to an activating group) is 1. The summed E-state index contributed by atoms with van der Waals surface area (Å²) in [6.45, 7) is -0.217. The minimum absolute atomic E-state index is 0.217. The molecular formula is C17H17NO3S. The normalized spacial score (nSPS) is 12.3. The van der Waals surface area contributed by atoms with Gasteiger partial charge in [-0.25, -0.2) is 4.79 Å². The number of hydrogen-bond acceptors (Lipinski definition) is 4. The maximum atomic E-state index is 12.1. The molecule has 0 radical (unpaired) electrons. The smallest absolute Gasteiger partial charge is 0.348 e. The molecule has 3 rings (SSSR count). The zero-order valence-electron chi connectivity index (χ0n) is 12.6. The Morgan fingerprint density at radius 3 is 2.68 bits per heavy atom. The number of esters is 1. The number of amides is 1. The Labute approximate surface area is 133 Å². The van der Waals surface area contributed by atoms with Crippen molar-refractivity contribution in [3.63, 3.8) is 0 Å². The van der Waals surface area contributed by atoms with Gasteiger partial charge in [0.2, 0.25) is 0 Å². The SMILES string of the molecule is CN(C)C(=O)COC(=O)c1cc2c(s1)-c1ccccc1CC2. The van der Waals surface area contributed by atoms with Crippen LogP contribution in [-0.4, -0.2) is 37.5 Å². The molecule has 114 valence electrons. The van der Waals surface area contributed by atoms with E-state index in [4.69, 9.17) is 4.74 Å². The van der Waals surface area contributed by atoms with Crippen LogP contribution in [0.2, 0.25) is 0 Å². The van der Waals surface area contributed by atoms with E-state index >= 15 is 0 Å². The second kappa shape index (κ2) is 5.93. The topological polar surface area (TPSA) is 46.6 Å². The summed E-state index contributed by atoms with van der Waals surface area (Å²) in [5.74, 6) is -0.646. The molecule has 1 amide bonds. The van der Waals surface area contributed by atoms with Crippen molar-refractivity contribution in [2.75, 3.05) is 20.7 Å². The van der Waals surface area contributed by atoms with Gasteiger partial charge in [0.15, 0.2) is 6.61 Å². The Morgan fingerprint density at radius 1 is 1.18 bits per heavy atom. The molecule has 1 aromatic heterocycles. The molecule has 0 bridgehead atoms. The van der Waals surface area contributed by atoms with Crippen LogP contribution in [0, 0.1) is 0 Å². The van der Waals surface area contributed by atoms with E-state index in [0.717, 1.165) is 17.7 Å². The first-order chi connectivity index (χ1) is 10.6. The van der Waals surface area contributed by atoms with Crippen LogP contribution in [0.15, 0.2) is 30.3 Å². The number of nitrogens with zero attached hydrogens (tertiary/aromatic N) is 1. The number of carbonyl (C=O) groups is 2. The Hall–Kier alpha value is -2.14. The second-order valence-electron chi connectivity index (χ2n) is 5.49. The molecule has 0 fully saturated rings. The number of rotatable bonds is 3. The molecule has 0 aliphatic heterocycles. The van der Waals surface area contributed by atoms with E-state index in [9.17, 15) is 9.59 Å². The van der Waals surface area contributed by atoms with Gasteiger partial charge in [0.05, 0.1) is 0 Å². The van der Waals surface area contributed by atoms with Gasteiger partial charge in [-0.3, -0.25) is 4.79 Å². The molecule has 0 spiro atoms. The lowest BCUT2D eigenvalue weighted by molar-refractivity contribution is -0.131. The summed E-state index contributed by atoms with van der Waals surface area (Å²) in [6, 6.07) is 10.2. The third-order valence-corrected chi connectivity index (χ3v) is 4.95. The van der Waals surface area contributed by atoms with Crippen LogP contribution >= 0.6 is 11.3 Å². The summed E-state index contributed by atoms with van der Waals surface area (Å²) in [7, 11) is 3.27. The van der Waals surface area contributed by atoms with Crippen LogP contribution in [0.4, 0.5) is 0 Å². The highest BCUT2D eigenvalue weighted by Crippen LogP contribution is 2.39. The van der Waals surface area contributed by atoms with Gasteiger partial charge >= 0.3 is 5.97 Å². The maximum absolute atomic E-state index is 12.1. The molecule has 4 nitrogen and oxygen atoms in total. The lowest BCUT2D eigenvalue weighted by Gasteiger charge is -2.15. The third kappa shape index (κ3) is 2.76. The predicted octanol–water partition coefficient (Wildman–Crippen LogP) is 2.76. The van der Waals surface area contributed by atoms with Crippen LogP contribution in [-0.2, 0) is 22.4 Å². The summed E-state index contributed by atoms with van der Waals surface area (Å²) < 4.78 is 5.10. The highest BCUT2D eigenvalue weighted by molar-refractivity contribution is 7.17. The molecule has 1 aliphatic carbocycles. The van der Waals surface area contributed by atoms with Crippen LogP contribution in [0.25, 0.3) is 10.4 Å². The van der Waals surface area contributed by atoms with Crippen LogP contribution in [0.5, 0.6) is 0 Å². The van der Waals surface area contributed by atoms with E-state index in [1.165, 1.54) is 32.9 Å². The van der Waals surface area contributed by atoms with E-state index < -0.39 is 5.97 Å². The van der Waals surface area contributed by atoms with Crippen LogP contribution in [0.1, 0.15) is 20.8 Å². The highest BCUT2D eigenvalue weighted by atomic mass is 32.1. The minimum atomic E-state index is -0.424. The predicted molar refractivity (Wildman–Crippen MR) is 86.1 cm³/mol. The molecule has 5 heteroatoms. The maximum Gasteiger partial charge on any atom is 0.348 e. The van der Waals surface area contributed by atoms with Crippen molar-refractivity contribution in [2.24, 2.45) is 0 Å². The molecule has 1 aliphatic rings. The van der Waals surface area contributed by atoms with Crippen molar-refractivity contribution in [3.05, 3.63) is 46.3 Å². The first-order valence-corrected chi connectivity index (χ1v) is 7.96. The summed E-state index contributed by atoms with van der Waals surface area (Å²) in [5, 5.41) is 0. The van der Waals surface area contributed by atoms with Crippen LogP contribution < -0.4 is 0 Å². The number of fused-ring (bicyclic) bond motifs is 3. The molecule has 1 heterocycles. The van der Waals surface area contributed by atoms with Gasteiger partial charge in [0, 0.05) is 19.0 Å². The van der Waals surface area contributed by atoms with E-state index in [0.29, 0.717) is 4.88 Å². The molecule has 2 aromatic rings. The van der Waals surface area contributed by atoms with Crippen molar-refractivity contribution in [3.8, 4) is 10.4 Å². The van der Waals surface area contributed by atoms with Gasteiger partial charge in [-0.1, -0.05) is 24.3 Å². The fourth-order valence-electron chi connectivity index (χ4n) is 2.50. The number of benzene rings is 1. The molecule has 22 heavy (non-hydrogen) atoms. The number of carbonyl (C=O) groups excluding carboxylic acids is 2. The van der Waals surface area contributed by atoms with Gasteiger partial charge < -0.3 is 9.64 Å². The standard InChI is InChI=1S/C17H17NO3S/c1-18(2)15(19)10-21-17(20)14-9-12-8-7-11-5-3-4-6-13(11)16(12)22-14/h3-6,9H,7-8,10H2,1-2H3. The molecule has 0 saturated carbocycles. The van der Waals surface area contributed by atoms with Gasteiger partial charge in [-0.05, 0) is 35.6 Å². The molecule has 1 aromatic carbocycles. The van der Waals surface area contributed by atoms with E-state index in [2.05, 4.69) is 12.1 Å². The van der Waals surface area contributed by atoms with Crippen molar-refractivity contribution in [2.45, 2.75) is 12.8 Å². The average molecular weight is 315 g/mol. The molecule has 0 atom stereocenters. The van der Waals surface area contributed by atoms with Gasteiger partial charge in [-0.15, -0.1) is 11.3 Å². The largest absolute Gasteiger partial charge is 0.451 e. The quantitative estimate of drug-likeness (QED) is 0.818. The summed E-state index contributed by atoms with van der Waals surface area (Å²) >= 11 is 1.45. The molecule has 0 N–H and O–H groups in total. The Morgan fingerprint density at radius 2 is 1.91 bits per heavy atom. The van der Waals surface area contributed by atoms with Crippen LogP contribution in [0.3, 0.4) is 0 Å². The monoisotopic (exact) mass is 315 g/mol. The first kappa shape index (κ1) is 14.8. The van der Waals surface area contributed by atoms with E-state index in [1.54, 1.807) is 14.1 Å². The number of ether oxygens (including phenoxy) is 1. The summed E-state index contributed by atoms with van der Waals surface area (Å²) in [6.07, 6.45) is 1.93. The lowest BCUT2D eigenvalue weighted by Crippen LogP contribution is -2.27. The first-order valence-electron chi connectivity index (χ1n) is 7.14. The fraction of sp³-hybridized carbons (Fsp3) is 0.294. The second-order valence-corrected chi connectivity index (χ2v) is 6.54. The number of aryl methyl sites for hydroxylation is 2. The van der Waals surface area contributed by atoms with Gasteiger partial charge in [0.25, 0.3) is 5.91 Å². The fourth-order valence-corrected chi connectivity index (χ4v) is 3.66. The minimum Gasteiger partial charge on any atom is -0.451 e. The van der Waals surface area contributed by atoms with Crippen molar-refractivity contribution < 1.29 is 14.3 Å².